The first-order valence-corrected chi connectivity index (χ1v) is 7.68. The lowest BCUT2D eigenvalue weighted by Crippen LogP contribution is -2.19. The van der Waals surface area contributed by atoms with Gasteiger partial charge in [-0.3, -0.25) is 0 Å². The highest BCUT2D eigenvalue weighted by Gasteiger charge is 2.09. The largest absolute Gasteiger partial charge is 0.508 e. The van der Waals surface area contributed by atoms with Crippen molar-refractivity contribution in [1.82, 2.24) is 5.32 Å². The second-order valence-electron chi connectivity index (χ2n) is 5.51. The highest BCUT2D eigenvalue weighted by Crippen LogP contribution is 2.24. The van der Waals surface area contributed by atoms with Crippen LogP contribution >= 0.6 is 0 Å². The molecule has 1 aromatic rings. The van der Waals surface area contributed by atoms with E-state index in [2.05, 4.69) is 25.2 Å². The second kappa shape index (κ2) is 8.98. The molecule has 0 aromatic heterocycles. The van der Waals surface area contributed by atoms with Crippen LogP contribution in [-0.4, -0.2) is 11.7 Å². The third kappa shape index (κ3) is 6.11. The molecule has 2 nitrogen and oxygen atoms in total. The standard InChI is InChI=1S/C17H29NO/c1-4-5-6-7-8-9-12-18-15(3)16-11-10-14(2)13-17(16)19/h10-11,13,15,18-19H,4-9,12H2,1-3H3. The molecule has 2 heteroatoms. The Morgan fingerprint density at radius 3 is 2.47 bits per heavy atom. The summed E-state index contributed by atoms with van der Waals surface area (Å²) in [5, 5.41) is 13.4. The van der Waals surface area contributed by atoms with Crippen LogP contribution in [0.15, 0.2) is 18.2 Å². The maximum atomic E-state index is 9.92. The molecule has 0 aliphatic heterocycles. The number of nitrogens with one attached hydrogen (secondary N) is 1. The third-order valence-corrected chi connectivity index (χ3v) is 3.63. The maximum Gasteiger partial charge on any atom is 0.120 e. The second-order valence-corrected chi connectivity index (χ2v) is 5.51. The molecule has 1 aromatic carbocycles. The summed E-state index contributed by atoms with van der Waals surface area (Å²) in [6, 6.07) is 6.12. The Morgan fingerprint density at radius 1 is 1.11 bits per heavy atom. The fourth-order valence-corrected chi connectivity index (χ4v) is 2.35. The molecule has 1 unspecified atom stereocenters. The van der Waals surface area contributed by atoms with E-state index in [1.54, 1.807) is 0 Å². The Bertz CT molecular complexity index is 362. The van der Waals surface area contributed by atoms with Crippen molar-refractivity contribution >= 4 is 0 Å². The van der Waals surface area contributed by atoms with Crippen LogP contribution in [0.3, 0.4) is 0 Å². The van der Waals surface area contributed by atoms with E-state index in [0.29, 0.717) is 5.75 Å². The van der Waals surface area contributed by atoms with Crippen molar-refractivity contribution in [2.45, 2.75) is 65.3 Å². The molecule has 2 N–H and O–H groups in total. The van der Waals surface area contributed by atoms with E-state index in [9.17, 15) is 5.11 Å². The highest BCUT2D eigenvalue weighted by molar-refractivity contribution is 5.37. The molecular formula is C17H29NO. The summed E-state index contributed by atoms with van der Waals surface area (Å²) >= 11 is 0. The van der Waals surface area contributed by atoms with E-state index in [0.717, 1.165) is 17.7 Å². The minimum atomic E-state index is 0.219. The fourth-order valence-electron chi connectivity index (χ4n) is 2.35. The molecule has 0 radical (unpaired) electrons. The number of unbranched alkanes of at least 4 members (excludes halogenated alkanes) is 5. The molecule has 108 valence electrons. The zero-order chi connectivity index (χ0) is 14.1. The van der Waals surface area contributed by atoms with Crippen LogP contribution in [0.5, 0.6) is 5.75 Å². The molecular weight excluding hydrogens is 234 g/mol. The Hall–Kier alpha value is -1.02. The monoisotopic (exact) mass is 263 g/mol. The lowest BCUT2D eigenvalue weighted by molar-refractivity contribution is 0.449. The summed E-state index contributed by atoms with van der Waals surface area (Å²) in [6.45, 7) is 7.39. The number of phenolic OH excluding ortho intramolecular Hbond substituents is 1. The van der Waals surface area contributed by atoms with Gasteiger partial charge >= 0.3 is 0 Å². The van der Waals surface area contributed by atoms with Gasteiger partial charge in [-0.15, -0.1) is 0 Å². The van der Waals surface area contributed by atoms with Gasteiger partial charge in [0.05, 0.1) is 0 Å². The number of phenols is 1. The van der Waals surface area contributed by atoms with Gasteiger partial charge in [0.25, 0.3) is 0 Å². The minimum absolute atomic E-state index is 0.219. The van der Waals surface area contributed by atoms with E-state index in [1.165, 1.54) is 38.5 Å². The van der Waals surface area contributed by atoms with Gasteiger partial charge in [0, 0.05) is 11.6 Å². The van der Waals surface area contributed by atoms with Gasteiger partial charge in [-0.05, 0) is 38.4 Å². The molecule has 0 aliphatic rings. The van der Waals surface area contributed by atoms with Crippen LogP contribution in [0, 0.1) is 6.92 Å². The molecule has 0 saturated carbocycles. The van der Waals surface area contributed by atoms with Gasteiger partial charge < -0.3 is 10.4 Å². The zero-order valence-electron chi connectivity index (χ0n) is 12.7. The van der Waals surface area contributed by atoms with Gasteiger partial charge in [0.1, 0.15) is 5.75 Å². The zero-order valence-corrected chi connectivity index (χ0v) is 12.7. The van der Waals surface area contributed by atoms with E-state index in [1.807, 2.05) is 19.1 Å². The van der Waals surface area contributed by atoms with Crippen molar-refractivity contribution in [2.75, 3.05) is 6.54 Å². The van der Waals surface area contributed by atoms with E-state index < -0.39 is 0 Å². The third-order valence-electron chi connectivity index (χ3n) is 3.63. The molecule has 0 spiro atoms. The number of rotatable bonds is 9. The first-order valence-electron chi connectivity index (χ1n) is 7.68. The summed E-state index contributed by atoms with van der Waals surface area (Å²) in [6.07, 6.45) is 7.91. The molecule has 0 aliphatic carbocycles. The van der Waals surface area contributed by atoms with Crippen LogP contribution in [-0.2, 0) is 0 Å². The predicted molar refractivity (Wildman–Crippen MR) is 82.6 cm³/mol. The van der Waals surface area contributed by atoms with E-state index in [-0.39, 0.29) is 6.04 Å². The molecule has 0 heterocycles. The Balaban J connectivity index is 2.22. The number of hydrogen-bond acceptors (Lipinski definition) is 2. The van der Waals surface area contributed by atoms with E-state index >= 15 is 0 Å². The van der Waals surface area contributed by atoms with Gasteiger partial charge in [0.15, 0.2) is 0 Å². The molecule has 0 amide bonds. The van der Waals surface area contributed by atoms with E-state index in [4.69, 9.17) is 0 Å². The molecule has 0 fully saturated rings. The van der Waals surface area contributed by atoms with Crippen molar-refractivity contribution in [2.24, 2.45) is 0 Å². The van der Waals surface area contributed by atoms with Crippen LogP contribution in [0.1, 0.15) is 69.5 Å². The summed E-state index contributed by atoms with van der Waals surface area (Å²) in [7, 11) is 0. The number of aryl methyl sites for hydroxylation is 1. The number of aromatic hydroxyl groups is 1. The molecule has 0 bridgehead atoms. The lowest BCUT2D eigenvalue weighted by Gasteiger charge is -2.16. The Morgan fingerprint density at radius 2 is 1.79 bits per heavy atom. The van der Waals surface area contributed by atoms with Crippen molar-refractivity contribution in [3.8, 4) is 5.75 Å². The van der Waals surface area contributed by atoms with Gasteiger partial charge in [-0.2, -0.15) is 0 Å². The molecule has 0 saturated heterocycles. The Kier molecular flexibility index (Phi) is 7.57. The van der Waals surface area contributed by atoms with Crippen molar-refractivity contribution in [3.63, 3.8) is 0 Å². The molecule has 1 atom stereocenters. The predicted octanol–water partition coefficient (Wildman–Crippen LogP) is 4.71. The maximum absolute atomic E-state index is 9.92. The van der Waals surface area contributed by atoms with Crippen molar-refractivity contribution < 1.29 is 5.11 Å². The highest BCUT2D eigenvalue weighted by atomic mass is 16.3. The molecule has 1 rings (SSSR count). The number of hydrogen-bond donors (Lipinski definition) is 2. The summed E-state index contributed by atoms with van der Waals surface area (Å²) < 4.78 is 0. The molecule has 19 heavy (non-hydrogen) atoms. The van der Waals surface area contributed by atoms with Gasteiger partial charge in [-0.1, -0.05) is 51.2 Å². The summed E-state index contributed by atoms with van der Waals surface area (Å²) in [4.78, 5) is 0. The first kappa shape index (κ1) is 16.0. The average molecular weight is 263 g/mol. The lowest BCUT2D eigenvalue weighted by atomic mass is 10.0. The normalized spacial score (nSPS) is 12.6. The van der Waals surface area contributed by atoms with Crippen molar-refractivity contribution in [1.29, 1.82) is 0 Å². The quantitative estimate of drug-likeness (QED) is 0.632. The average Bonchev–Trinajstić information content (AvgIpc) is 2.37. The Labute approximate surface area is 118 Å². The van der Waals surface area contributed by atoms with Gasteiger partial charge in [-0.25, -0.2) is 0 Å². The topological polar surface area (TPSA) is 32.3 Å². The fraction of sp³-hybridized carbons (Fsp3) is 0.647. The van der Waals surface area contributed by atoms with Crippen molar-refractivity contribution in [3.05, 3.63) is 29.3 Å². The van der Waals surface area contributed by atoms with Crippen LogP contribution < -0.4 is 5.32 Å². The van der Waals surface area contributed by atoms with Crippen LogP contribution in [0.25, 0.3) is 0 Å². The smallest absolute Gasteiger partial charge is 0.120 e. The number of benzene rings is 1. The SMILES string of the molecule is CCCCCCCCNC(C)c1ccc(C)cc1O. The summed E-state index contributed by atoms with van der Waals surface area (Å²) in [5.74, 6) is 0.406. The minimum Gasteiger partial charge on any atom is -0.508 e. The van der Waals surface area contributed by atoms with Crippen LogP contribution in [0.4, 0.5) is 0 Å². The summed E-state index contributed by atoms with van der Waals surface area (Å²) in [5.41, 5.74) is 2.10. The van der Waals surface area contributed by atoms with Gasteiger partial charge in [0.2, 0.25) is 0 Å². The van der Waals surface area contributed by atoms with Crippen LogP contribution in [0.2, 0.25) is 0 Å². The first-order chi connectivity index (χ1) is 9.15.